The maximum absolute atomic E-state index is 9.47. The summed E-state index contributed by atoms with van der Waals surface area (Å²) >= 11 is 1.74. The summed E-state index contributed by atoms with van der Waals surface area (Å²) in [5, 5.41) is 13.7. The number of benzene rings is 2. The number of aromatic nitrogens is 2. The van der Waals surface area contributed by atoms with Crippen LogP contribution in [0.4, 0.5) is 0 Å². The molecule has 1 aliphatic rings. The maximum Gasteiger partial charge on any atom is 0.258 e. The molecule has 0 spiro atoms. The molecule has 0 radical (unpaired) electrons. The van der Waals surface area contributed by atoms with Crippen molar-refractivity contribution in [2.24, 2.45) is 0 Å². The summed E-state index contributed by atoms with van der Waals surface area (Å²) in [5.74, 6) is 2.56. The minimum absolute atomic E-state index is 0.00725. The molecule has 0 aliphatic heterocycles. The third kappa shape index (κ3) is 4.07. The fourth-order valence-corrected chi connectivity index (χ4v) is 4.34. The lowest BCUT2D eigenvalue weighted by atomic mass is 10.0. The zero-order chi connectivity index (χ0) is 21.1. The molecular formula is C23H24N4O2S. The Balaban J connectivity index is 1.63. The fourth-order valence-electron chi connectivity index (χ4n) is 3.73. The van der Waals surface area contributed by atoms with Gasteiger partial charge in [-0.05, 0) is 56.0 Å². The Labute approximate surface area is 180 Å². The molecule has 0 fully saturated rings. The summed E-state index contributed by atoms with van der Waals surface area (Å²) in [6, 6.07) is 14.1. The average Bonchev–Trinajstić information content (AvgIpc) is 3.39. The van der Waals surface area contributed by atoms with Crippen LogP contribution in [-0.4, -0.2) is 22.0 Å². The molecule has 1 N–H and O–H groups in total. The zero-order valence-electron chi connectivity index (χ0n) is 17.3. The third-order valence-corrected chi connectivity index (χ3v) is 5.76. The topological polar surface area (TPSA) is 84.0 Å². The van der Waals surface area contributed by atoms with Gasteiger partial charge in [-0.25, -0.2) is 0 Å². The number of nitrogens with one attached hydrogen (secondary N) is 1. The fraction of sp³-hybridized carbons (Fsp3) is 0.348. The second-order valence-corrected chi connectivity index (χ2v) is 8.53. The van der Waals surface area contributed by atoms with E-state index in [9.17, 15) is 5.26 Å². The molecule has 6 nitrogen and oxygen atoms in total. The van der Waals surface area contributed by atoms with Crippen LogP contribution in [0, 0.1) is 11.3 Å². The highest BCUT2D eigenvalue weighted by atomic mass is 32.2. The first kappa shape index (κ1) is 20.5. The van der Waals surface area contributed by atoms with Crippen LogP contribution in [0.3, 0.4) is 0 Å². The molecule has 1 unspecified atom stereocenters. The van der Waals surface area contributed by atoms with E-state index in [1.165, 1.54) is 11.1 Å². The van der Waals surface area contributed by atoms with E-state index in [1.807, 2.05) is 32.0 Å². The van der Waals surface area contributed by atoms with Crippen LogP contribution >= 0.6 is 11.9 Å². The van der Waals surface area contributed by atoms with Crippen LogP contribution in [0.1, 0.15) is 49.9 Å². The van der Waals surface area contributed by atoms with E-state index in [-0.39, 0.29) is 6.10 Å². The van der Waals surface area contributed by atoms with Gasteiger partial charge in [0, 0.05) is 22.9 Å². The predicted octanol–water partition coefficient (Wildman–Crippen LogP) is 5.31. The van der Waals surface area contributed by atoms with Gasteiger partial charge < -0.3 is 9.26 Å². The first-order valence-corrected chi connectivity index (χ1v) is 11.1. The molecule has 1 heterocycles. The third-order valence-electron chi connectivity index (χ3n) is 5.02. The minimum atomic E-state index is -0.00725. The summed E-state index contributed by atoms with van der Waals surface area (Å²) in [4.78, 5) is 4.63. The monoisotopic (exact) mass is 420 g/mol. The Hall–Kier alpha value is -2.82. The Bertz CT molecular complexity index is 1090. The van der Waals surface area contributed by atoms with Gasteiger partial charge in [0.05, 0.1) is 11.7 Å². The molecule has 1 aromatic heterocycles. The second-order valence-electron chi connectivity index (χ2n) is 7.43. The molecule has 0 saturated heterocycles. The molecule has 3 aromatic rings. The molecule has 1 atom stereocenters. The number of nitrogens with zero attached hydrogens (tertiary/aromatic N) is 3. The lowest BCUT2D eigenvalue weighted by Crippen LogP contribution is -2.11. The quantitative estimate of drug-likeness (QED) is 0.519. The number of hydrogen-bond acceptors (Lipinski definition) is 7. The van der Waals surface area contributed by atoms with Crippen LogP contribution in [0.2, 0.25) is 0 Å². The van der Waals surface area contributed by atoms with Crippen LogP contribution in [0.25, 0.3) is 22.8 Å². The van der Waals surface area contributed by atoms with Crippen molar-refractivity contribution < 1.29 is 9.26 Å². The number of fused-ring (bicyclic) bond motifs is 1. The van der Waals surface area contributed by atoms with Crippen molar-refractivity contribution in [1.82, 2.24) is 14.9 Å². The molecule has 0 saturated carbocycles. The van der Waals surface area contributed by atoms with Gasteiger partial charge in [0.1, 0.15) is 11.8 Å². The highest BCUT2D eigenvalue weighted by Gasteiger charge is 2.26. The lowest BCUT2D eigenvalue weighted by Gasteiger charge is -2.12. The second kappa shape index (κ2) is 8.90. The smallest absolute Gasteiger partial charge is 0.258 e. The maximum atomic E-state index is 9.47. The normalized spacial score (nSPS) is 15.2. The predicted molar refractivity (Wildman–Crippen MR) is 118 cm³/mol. The van der Waals surface area contributed by atoms with Gasteiger partial charge >= 0.3 is 0 Å². The summed E-state index contributed by atoms with van der Waals surface area (Å²) in [7, 11) is 0. The number of hydrogen-bond donors (Lipinski definition) is 1. The first-order chi connectivity index (χ1) is 14.6. The van der Waals surface area contributed by atoms with E-state index in [2.05, 4.69) is 33.9 Å². The van der Waals surface area contributed by atoms with Crippen molar-refractivity contribution in [3.63, 3.8) is 0 Å². The summed E-state index contributed by atoms with van der Waals surface area (Å²) < 4.78 is 14.8. The van der Waals surface area contributed by atoms with Crippen LogP contribution in [-0.2, 0) is 6.42 Å². The first-order valence-electron chi connectivity index (χ1n) is 10.1. The summed E-state index contributed by atoms with van der Waals surface area (Å²) in [6.07, 6.45) is 2.04. The molecule has 0 amide bonds. The van der Waals surface area contributed by atoms with Crippen molar-refractivity contribution >= 4 is 11.9 Å². The zero-order valence-corrected chi connectivity index (χ0v) is 18.1. The average molecular weight is 421 g/mol. The van der Waals surface area contributed by atoms with Gasteiger partial charge in [-0.1, -0.05) is 42.2 Å². The largest absolute Gasteiger partial charge is 0.490 e. The van der Waals surface area contributed by atoms with Crippen molar-refractivity contribution in [2.75, 3.05) is 5.75 Å². The van der Waals surface area contributed by atoms with Gasteiger partial charge in [0.15, 0.2) is 0 Å². The van der Waals surface area contributed by atoms with E-state index in [1.54, 1.807) is 24.1 Å². The lowest BCUT2D eigenvalue weighted by molar-refractivity contribution is 0.242. The summed E-state index contributed by atoms with van der Waals surface area (Å²) in [6.45, 7) is 6.00. The number of rotatable bonds is 7. The SMILES string of the molecule is CCSNC1CCc2c(-c3noc(-c4ccc(OC(C)C)c(C#N)c4)n3)cccc21. The van der Waals surface area contributed by atoms with Crippen LogP contribution < -0.4 is 9.46 Å². The number of ether oxygens (including phenoxy) is 1. The molecule has 2 aromatic carbocycles. The van der Waals surface area contributed by atoms with Crippen molar-refractivity contribution in [2.45, 2.75) is 45.8 Å². The Kier molecular flexibility index (Phi) is 6.07. The molecule has 1 aliphatic carbocycles. The summed E-state index contributed by atoms with van der Waals surface area (Å²) in [5.41, 5.74) is 4.74. The van der Waals surface area contributed by atoms with Crippen molar-refractivity contribution in [1.29, 1.82) is 5.26 Å². The Morgan fingerprint density at radius 2 is 2.20 bits per heavy atom. The molecule has 7 heteroatoms. The van der Waals surface area contributed by atoms with Crippen LogP contribution in [0.15, 0.2) is 40.9 Å². The van der Waals surface area contributed by atoms with E-state index in [0.29, 0.717) is 34.6 Å². The van der Waals surface area contributed by atoms with E-state index < -0.39 is 0 Å². The Morgan fingerprint density at radius 3 is 2.97 bits per heavy atom. The van der Waals surface area contributed by atoms with Crippen LogP contribution in [0.5, 0.6) is 5.75 Å². The molecule has 154 valence electrons. The van der Waals surface area contributed by atoms with E-state index in [4.69, 9.17) is 9.26 Å². The molecular weight excluding hydrogens is 396 g/mol. The van der Waals surface area contributed by atoms with E-state index >= 15 is 0 Å². The molecule has 30 heavy (non-hydrogen) atoms. The standard InChI is InChI=1S/C23H24N4O2S/c1-4-30-27-20-10-9-17-18(20)6-5-7-19(17)22-25-23(29-26-22)15-8-11-21(28-14(2)3)16(12-15)13-24/h5-8,11-12,14,20,27H,4,9-10H2,1-3H3. The van der Waals surface area contributed by atoms with Gasteiger partial charge in [0.2, 0.25) is 5.82 Å². The molecule has 4 rings (SSSR count). The minimum Gasteiger partial charge on any atom is -0.490 e. The van der Waals surface area contributed by atoms with Crippen molar-refractivity contribution in [3.8, 4) is 34.7 Å². The van der Waals surface area contributed by atoms with Crippen molar-refractivity contribution in [3.05, 3.63) is 53.1 Å². The Morgan fingerprint density at radius 1 is 1.33 bits per heavy atom. The van der Waals surface area contributed by atoms with Gasteiger partial charge in [0.25, 0.3) is 5.89 Å². The van der Waals surface area contributed by atoms with Gasteiger partial charge in [-0.15, -0.1) is 0 Å². The van der Waals surface area contributed by atoms with E-state index in [0.717, 1.165) is 24.2 Å². The van der Waals surface area contributed by atoms with Gasteiger partial charge in [-0.2, -0.15) is 10.2 Å². The molecule has 0 bridgehead atoms. The highest BCUT2D eigenvalue weighted by molar-refractivity contribution is 7.97. The number of nitriles is 1. The van der Waals surface area contributed by atoms with Gasteiger partial charge in [-0.3, -0.25) is 4.72 Å². The highest BCUT2D eigenvalue weighted by Crippen LogP contribution is 2.38.